The second kappa shape index (κ2) is 4.85. The van der Waals surface area contributed by atoms with E-state index in [1.165, 1.54) is 0 Å². The molecule has 1 aliphatic heterocycles. The van der Waals surface area contributed by atoms with Gasteiger partial charge < -0.3 is 10.0 Å². The van der Waals surface area contributed by atoms with Crippen LogP contribution in [0.25, 0.3) is 11.1 Å². The molecule has 5 heteroatoms. The molecule has 0 spiro atoms. The number of aliphatic hydroxyl groups is 1. The van der Waals surface area contributed by atoms with Crippen molar-refractivity contribution in [3.63, 3.8) is 0 Å². The number of β-amino-alcohol motifs (C(OH)–C–C–N with tert-alkyl or cyclic N) is 1. The molecule has 2 aromatic rings. The van der Waals surface area contributed by atoms with Gasteiger partial charge in [-0.05, 0) is 24.1 Å². The van der Waals surface area contributed by atoms with Crippen LogP contribution in [0.4, 0.5) is 0 Å². The third kappa shape index (κ3) is 2.37. The summed E-state index contributed by atoms with van der Waals surface area (Å²) in [5, 5.41) is 16.2. The molecule has 1 saturated heterocycles. The van der Waals surface area contributed by atoms with Crippen LogP contribution in [0.15, 0.2) is 36.7 Å². The van der Waals surface area contributed by atoms with Gasteiger partial charge in [-0.25, -0.2) is 0 Å². The molecule has 3 rings (SSSR count). The number of carbonyl (C=O) groups is 1. The number of rotatable bonds is 2. The first kappa shape index (κ1) is 11.9. The first-order valence-corrected chi connectivity index (χ1v) is 6.30. The molecule has 1 aromatic heterocycles. The smallest absolute Gasteiger partial charge is 0.253 e. The molecular weight excluding hydrogens is 242 g/mol. The van der Waals surface area contributed by atoms with E-state index >= 15 is 0 Å². The maximum absolute atomic E-state index is 12.3. The van der Waals surface area contributed by atoms with Crippen molar-refractivity contribution in [3.8, 4) is 11.1 Å². The number of hydrogen-bond donors (Lipinski definition) is 2. The van der Waals surface area contributed by atoms with E-state index < -0.39 is 0 Å². The highest BCUT2D eigenvalue weighted by atomic mass is 16.3. The summed E-state index contributed by atoms with van der Waals surface area (Å²) in [6, 6.07) is 7.47. The normalized spacial score (nSPS) is 18.8. The predicted molar refractivity (Wildman–Crippen MR) is 70.6 cm³/mol. The maximum atomic E-state index is 12.3. The lowest BCUT2D eigenvalue weighted by Gasteiger charge is -2.15. The molecule has 98 valence electrons. The molecule has 2 N–H and O–H groups in total. The van der Waals surface area contributed by atoms with Gasteiger partial charge in [0, 0.05) is 30.4 Å². The fourth-order valence-corrected chi connectivity index (χ4v) is 2.35. The summed E-state index contributed by atoms with van der Waals surface area (Å²) in [5.41, 5.74) is 2.56. The van der Waals surface area contributed by atoms with Gasteiger partial charge >= 0.3 is 0 Å². The lowest BCUT2D eigenvalue weighted by atomic mass is 10.1. The molecule has 0 unspecified atom stereocenters. The topological polar surface area (TPSA) is 69.2 Å². The van der Waals surface area contributed by atoms with Gasteiger partial charge in [-0.3, -0.25) is 9.89 Å². The van der Waals surface area contributed by atoms with Crippen molar-refractivity contribution in [1.29, 1.82) is 0 Å². The molecule has 0 saturated carbocycles. The average molecular weight is 257 g/mol. The van der Waals surface area contributed by atoms with Crippen molar-refractivity contribution in [1.82, 2.24) is 15.1 Å². The number of H-pyrrole nitrogens is 1. The first-order chi connectivity index (χ1) is 9.24. The molecule has 19 heavy (non-hydrogen) atoms. The average Bonchev–Trinajstić information content (AvgIpc) is 3.09. The van der Waals surface area contributed by atoms with Crippen LogP contribution in [0.5, 0.6) is 0 Å². The molecule has 0 bridgehead atoms. The lowest BCUT2D eigenvalue weighted by Crippen LogP contribution is -2.29. The van der Waals surface area contributed by atoms with E-state index in [0.29, 0.717) is 25.1 Å². The molecular formula is C14H15N3O2. The molecule has 1 atom stereocenters. The SMILES string of the molecule is O=C(c1cccc(-c2cn[nH]c2)c1)N1CC[C@@H](O)C1. The number of hydrogen-bond acceptors (Lipinski definition) is 3. The van der Waals surface area contributed by atoms with Gasteiger partial charge in [-0.1, -0.05) is 12.1 Å². The highest BCUT2D eigenvalue weighted by molar-refractivity contribution is 5.95. The van der Waals surface area contributed by atoms with Crippen LogP contribution in [0, 0.1) is 0 Å². The van der Waals surface area contributed by atoms with Crippen LogP contribution in [-0.4, -0.2) is 45.3 Å². The second-order valence-corrected chi connectivity index (χ2v) is 4.76. The van der Waals surface area contributed by atoms with Crippen molar-refractivity contribution in [2.24, 2.45) is 0 Å². The molecule has 1 aliphatic rings. The van der Waals surface area contributed by atoms with E-state index in [1.807, 2.05) is 18.2 Å². The van der Waals surface area contributed by atoms with Gasteiger partial charge in [0.15, 0.2) is 0 Å². The van der Waals surface area contributed by atoms with E-state index in [0.717, 1.165) is 11.1 Å². The number of aromatic nitrogens is 2. The van der Waals surface area contributed by atoms with Gasteiger partial charge in [0.2, 0.25) is 0 Å². The molecule has 5 nitrogen and oxygen atoms in total. The Kier molecular flexibility index (Phi) is 3.05. The van der Waals surface area contributed by atoms with E-state index in [-0.39, 0.29) is 12.0 Å². The minimum Gasteiger partial charge on any atom is -0.391 e. The predicted octanol–water partition coefficient (Wildman–Crippen LogP) is 1.28. The number of aromatic amines is 1. The second-order valence-electron chi connectivity index (χ2n) is 4.76. The number of aliphatic hydroxyl groups excluding tert-OH is 1. The number of nitrogens with one attached hydrogen (secondary N) is 1. The molecule has 1 fully saturated rings. The quantitative estimate of drug-likeness (QED) is 0.851. The third-order valence-corrected chi connectivity index (χ3v) is 3.39. The molecule has 2 heterocycles. The van der Waals surface area contributed by atoms with Crippen molar-refractivity contribution >= 4 is 5.91 Å². The van der Waals surface area contributed by atoms with Gasteiger partial charge in [0.25, 0.3) is 5.91 Å². The Morgan fingerprint density at radius 2 is 2.32 bits per heavy atom. The lowest BCUT2D eigenvalue weighted by molar-refractivity contribution is 0.0765. The fraction of sp³-hybridized carbons (Fsp3) is 0.286. The van der Waals surface area contributed by atoms with E-state index in [4.69, 9.17) is 0 Å². The maximum Gasteiger partial charge on any atom is 0.253 e. The zero-order valence-corrected chi connectivity index (χ0v) is 10.4. The highest BCUT2D eigenvalue weighted by Gasteiger charge is 2.25. The summed E-state index contributed by atoms with van der Waals surface area (Å²) in [6.45, 7) is 1.05. The summed E-state index contributed by atoms with van der Waals surface area (Å²) in [6.07, 6.45) is 3.79. The van der Waals surface area contributed by atoms with Crippen molar-refractivity contribution in [2.45, 2.75) is 12.5 Å². The van der Waals surface area contributed by atoms with Crippen LogP contribution < -0.4 is 0 Å². The molecule has 0 radical (unpaired) electrons. The van der Waals surface area contributed by atoms with E-state index in [1.54, 1.807) is 23.4 Å². The van der Waals surface area contributed by atoms with Gasteiger partial charge in [0.1, 0.15) is 0 Å². The molecule has 0 aliphatic carbocycles. The van der Waals surface area contributed by atoms with E-state index in [9.17, 15) is 9.90 Å². The fourth-order valence-electron chi connectivity index (χ4n) is 2.35. The van der Waals surface area contributed by atoms with Gasteiger partial charge in [-0.15, -0.1) is 0 Å². The van der Waals surface area contributed by atoms with Crippen LogP contribution in [0.2, 0.25) is 0 Å². The minimum absolute atomic E-state index is 0.0260. The van der Waals surface area contributed by atoms with Gasteiger partial charge in [0.05, 0.1) is 12.3 Å². The Hall–Kier alpha value is -2.14. The van der Waals surface area contributed by atoms with Crippen molar-refractivity contribution in [3.05, 3.63) is 42.2 Å². The number of carbonyl (C=O) groups excluding carboxylic acids is 1. The zero-order valence-electron chi connectivity index (χ0n) is 10.4. The van der Waals surface area contributed by atoms with Gasteiger partial charge in [-0.2, -0.15) is 5.10 Å². The van der Waals surface area contributed by atoms with Crippen LogP contribution in [0.3, 0.4) is 0 Å². The minimum atomic E-state index is -0.388. The summed E-state index contributed by atoms with van der Waals surface area (Å²) >= 11 is 0. The van der Waals surface area contributed by atoms with Crippen LogP contribution in [0.1, 0.15) is 16.8 Å². The Bertz CT molecular complexity index is 580. The zero-order chi connectivity index (χ0) is 13.2. The molecule has 1 aromatic carbocycles. The Morgan fingerprint density at radius 1 is 1.42 bits per heavy atom. The molecule has 1 amide bonds. The summed E-state index contributed by atoms with van der Waals surface area (Å²) in [4.78, 5) is 14.0. The number of benzene rings is 1. The number of likely N-dealkylation sites (tertiary alicyclic amines) is 1. The Labute approximate surface area is 110 Å². The van der Waals surface area contributed by atoms with Crippen molar-refractivity contribution in [2.75, 3.05) is 13.1 Å². The monoisotopic (exact) mass is 257 g/mol. The van der Waals surface area contributed by atoms with Crippen LogP contribution in [-0.2, 0) is 0 Å². The largest absolute Gasteiger partial charge is 0.391 e. The summed E-state index contributed by atoms with van der Waals surface area (Å²) < 4.78 is 0. The van der Waals surface area contributed by atoms with Crippen molar-refractivity contribution < 1.29 is 9.90 Å². The van der Waals surface area contributed by atoms with Crippen LogP contribution >= 0.6 is 0 Å². The third-order valence-electron chi connectivity index (χ3n) is 3.39. The highest BCUT2D eigenvalue weighted by Crippen LogP contribution is 2.21. The Balaban J connectivity index is 1.85. The standard InChI is InChI=1S/C14H15N3O2/c18-13-4-5-17(9-13)14(19)11-3-1-2-10(6-11)12-7-15-16-8-12/h1-3,6-8,13,18H,4-5,9H2,(H,15,16)/t13-/m1/s1. The number of nitrogens with zero attached hydrogens (tertiary/aromatic N) is 2. The van der Waals surface area contributed by atoms with E-state index in [2.05, 4.69) is 10.2 Å². The first-order valence-electron chi connectivity index (χ1n) is 6.30. The summed E-state index contributed by atoms with van der Waals surface area (Å²) in [5.74, 6) is -0.0260. The summed E-state index contributed by atoms with van der Waals surface area (Å²) in [7, 11) is 0. The number of amides is 1. The Morgan fingerprint density at radius 3 is 3.00 bits per heavy atom.